The monoisotopic (exact) mass is 364 g/mol. The van der Waals surface area contributed by atoms with Gasteiger partial charge in [-0.1, -0.05) is 0 Å². The number of aliphatic carboxylic acids is 1. The molecule has 0 radical (unpaired) electrons. The Morgan fingerprint density at radius 3 is 1.72 bits per heavy atom. The van der Waals surface area contributed by atoms with Crippen LogP contribution in [0.1, 0.15) is 33.6 Å². The molecule has 0 fully saturated rings. The Morgan fingerprint density at radius 1 is 0.920 bits per heavy atom. The Balaban J connectivity index is 5.08. The van der Waals surface area contributed by atoms with Gasteiger partial charge in [-0.15, -0.1) is 0 Å². The highest BCUT2D eigenvalue weighted by Crippen LogP contribution is 2.07. The predicted molar refractivity (Wildman–Crippen MR) is 81.7 cm³/mol. The molecule has 0 rings (SSSR count). The summed E-state index contributed by atoms with van der Waals surface area (Å²) < 4.78 is 0. The molecule has 0 aliphatic carbocycles. The lowest BCUT2D eigenvalue weighted by Gasteiger charge is -2.28. The average Bonchev–Trinajstić information content (AvgIpc) is 2.44. The average molecular weight is 364 g/mol. The summed E-state index contributed by atoms with van der Waals surface area (Å²) in [6.07, 6.45) is -1.06. The molecule has 0 spiro atoms. The van der Waals surface area contributed by atoms with Crippen LogP contribution in [0.3, 0.4) is 0 Å². The van der Waals surface area contributed by atoms with Gasteiger partial charge in [-0.25, -0.2) is 14.4 Å². The SMILES string of the molecule is COOC(=O)C[C@@H](NC(=O)[C@@H](CC(=O)OOC)NC(C)(C)C)C(=O)O. The van der Waals surface area contributed by atoms with Gasteiger partial charge in [-0.2, -0.15) is 9.78 Å². The summed E-state index contributed by atoms with van der Waals surface area (Å²) >= 11 is 0. The maximum atomic E-state index is 12.3. The molecule has 0 saturated heterocycles. The second-order valence-electron chi connectivity index (χ2n) is 6.00. The maximum absolute atomic E-state index is 12.3. The van der Waals surface area contributed by atoms with Gasteiger partial charge in [0.1, 0.15) is 6.04 Å². The van der Waals surface area contributed by atoms with Crippen LogP contribution in [0.15, 0.2) is 0 Å². The van der Waals surface area contributed by atoms with E-state index in [0.717, 1.165) is 14.2 Å². The highest BCUT2D eigenvalue weighted by molar-refractivity contribution is 5.91. The zero-order valence-corrected chi connectivity index (χ0v) is 14.8. The fourth-order valence-corrected chi connectivity index (χ4v) is 1.79. The van der Waals surface area contributed by atoms with Crippen LogP contribution in [-0.2, 0) is 38.7 Å². The van der Waals surface area contributed by atoms with Crippen molar-refractivity contribution in [2.24, 2.45) is 0 Å². The Morgan fingerprint density at radius 2 is 1.36 bits per heavy atom. The van der Waals surface area contributed by atoms with E-state index in [0.29, 0.717) is 0 Å². The Kier molecular flexibility index (Phi) is 9.64. The van der Waals surface area contributed by atoms with Crippen LogP contribution in [0.5, 0.6) is 0 Å². The summed E-state index contributed by atoms with van der Waals surface area (Å²) in [5.74, 6) is -4.06. The van der Waals surface area contributed by atoms with Crippen LogP contribution < -0.4 is 10.6 Å². The van der Waals surface area contributed by atoms with E-state index in [1.807, 2.05) is 0 Å². The third-order valence-electron chi connectivity index (χ3n) is 2.63. The van der Waals surface area contributed by atoms with Crippen LogP contribution >= 0.6 is 0 Å². The van der Waals surface area contributed by atoms with E-state index in [1.165, 1.54) is 0 Å². The lowest BCUT2D eigenvalue weighted by atomic mass is 10.0. The molecule has 11 nitrogen and oxygen atoms in total. The zero-order valence-electron chi connectivity index (χ0n) is 14.8. The molecule has 0 aliphatic rings. The van der Waals surface area contributed by atoms with Crippen molar-refractivity contribution in [1.82, 2.24) is 10.6 Å². The molecule has 0 aromatic rings. The molecule has 0 unspecified atom stereocenters. The van der Waals surface area contributed by atoms with Crippen molar-refractivity contribution >= 4 is 23.8 Å². The molecule has 3 N–H and O–H groups in total. The van der Waals surface area contributed by atoms with E-state index >= 15 is 0 Å². The summed E-state index contributed by atoms with van der Waals surface area (Å²) in [4.78, 5) is 63.3. The van der Waals surface area contributed by atoms with Gasteiger partial charge in [0.15, 0.2) is 0 Å². The smallest absolute Gasteiger partial charge is 0.345 e. The third-order valence-corrected chi connectivity index (χ3v) is 2.63. The number of hydrogen-bond acceptors (Lipinski definition) is 9. The van der Waals surface area contributed by atoms with Crippen molar-refractivity contribution in [3.8, 4) is 0 Å². The van der Waals surface area contributed by atoms with E-state index in [9.17, 15) is 19.2 Å². The number of hydrogen-bond donors (Lipinski definition) is 3. The summed E-state index contributed by atoms with van der Waals surface area (Å²) in [6, 6.07) is -2.67. The second kappa shape index (κ2) is 10.6. The van der Waals surface area contributed by atoms with E-state index in [1.54, 1.807) is 20.8 Å². The van der Waals surface area contributed by atoms with E-state index in [4.69, 9.17) is 5.11 Å². The molecule has 0 aromatic heterocycles. The molecular weight excluding hydrogens is 340 g/mol. The lowest BCUT2D eigenvalue weighted by molar-refractivity contribution is -0.256. The van der Waals surface area contributed by atoms with Crippen LogP contribution in [0, 0.1) is 0 Å². The molecule has 1 amide bonds. The summed E-state index contributed by atoms with van der Waals surface area (Å²) in [7, 11) is 2.21. The molecule has 0 aromatic carbocycles. The van der Waals surface area contributed by atoms with Crippen molar-refractivity contribution in [2.45, 2.75) is 51.2 Å². The van der Waals surface area contributed by atoms with E-state index < -0.39 is 54.3 Å². The van der Waals surface area contributed by atoms with Crippen LogP contribution in [0.25, 0.3) is 0 Å². The first-order valence-electron chi connectivity index (χ1n) is 7.28. The fraction of sp³-hybridized carbons (Fsp3) is 0.714. The number of rotatable bonds is 10. The van der Waals surface area contributed by atoms with E-state index in [2.05, 4.69) is 30.2 Å². The van der Waals surface area contributed by atoms with E-state index in [-0.39, 0.29) is 0 Å². The van der Waals surface area contributed by atoms with Gasteiger partial charge in [0, 0.05) is 5.54 Å². The second-order valence-corrected chi connectivity index (χ2v) is 6.00. The predicted octanol–water partition coefficient (Wildman–Crippen LogP) is -0.698. The molecule has 0 bridgehead atoms. The Bertz CT molecular complexity index is 487. The standard InChI is InChI=1S/C14H24N2O9/c1-14(2,3)16-8(6-10(17)24-22-4)12(19)15-9(13(20)21)7-11(18)25-23-5/h8-9,16H,6-7H2,1-5H3,(H,15,19)(H,20,21)/t8-,9-/m1/s1. The number of carbonyl (C=O) groups excluding carboxylic acids is 3. The van der Waals surface area contributed by atoms with Gasteiger partial charge >= 0.3 is 17.9 Å². The van der Waals surface area contributed by atoms with Crippen molar-refractivity contribution in [3.63, 3.8) is 0 Å². The molecule has 11 heteroatoms. The summed E-state index contributed by atoms with van der Waals surface area (Å²) in [6.45, 7) is 5.25. The zero-order chi connectivity index (χ0) is 19.6. The highest BCUT2D eigenvalue weighted by atomic mass is 17.2. The van der Waals surface area contributed by atoms with Crippen molar-refractivity contribution < 1.29 is 43.8 Å². The third kappa shape index (κ3) is 10.3. The van der Waals surface area contributed by atoms with Gasteiger partial charge in [-0.05, 0) is 20.8 Å². The molecular formula is C14H24N2O9. The highest BCUT2D eigenvalue weighted by Gasteiger charge is 2.31. The van der Waals surface area contributed by atoms with Crippen molar-refractivity contribution in [3.05, 3.63) is 0 Å². The number of carboxylic acid groups (broad SMARTS) is 1. The topological polar surface area (TPSA) is 149 Å². The summed E-state index contributed by atoms with van der Waals surface area (Å²) in [5.41, 5.74) is -0.566. The molecule has 2 atom stereocenters. The number of nitrogens with one attached hydrogen (secondary N) is 2. The lowest BCUT2D eigenvalue weighted by Crippen LogP contribution is -2.55. The molecule has 25 heavy (non-hydrogen) atoms. The largest absolute Gasteiger partial charge is 0.480 e. The van der Waals surface area contributed by atoms with Gasteiger partial charge in [-0.3, -0.25) is 14.6 Å². The maximum Gasteiger partial charge on any atom is 0.345 e. The van der Waals surface area contributed by atoms with Crippen LogP contribution in [-0.4, -0.2) is 60.8 Å². The minimum absolute atomic E-state index is 0.411. The van der Waals surface area contributed by atoms with Crippen molar-refractivity contribution in [1.29, 1.82) is 0 Å². The minimum atomic E-state index is -1.56. The van der Waals surface area contributed by atoms with Gasteiger partial charge in [0.05, 0.1) is 33.1 Å². The minimum Gasteiger partial charge on any atom is -0.480 e. The molecule has 0 heterocycles. The van der Waals surface area contributed by atoms with Crippen LogP contribution in [0.4, 0.5) is 0 Å². The quantitative estimate of drug-likeness (QED) is 0.335. The first-order chi connectivity index (χ1) is 11.5. The van der Waals surface area contributed by atoms with Gasteiger partial charge < -0.3 is 15.7 Å². The molecule has 144 valence electrons. The normalized spacial score (nSPS) is 13.5. The fourth-order valence-electron chi connectivity index (χ4n) is 1.79. The van der Waals surface area contributed by atoms with Gasteiger partial charge in [0.2, 0.25) is 5.91 Å². The first-order valence-corrected chi connectivity index (χ1v) is 7.28. The summed E-state index contributed by atoms with van der Waals surface area (Å²) in [5, 5.41) is 14.2. The molecule has 0 saturated carbocycles. The first kappa shape index (κ1) is 22.8. The number of carbonyl (C=O) groups is 4. The van der Waals surface area contributed by atoms with Gasteiger partial charge in [0.25, 0.3) is 0 Å². The Labute approximate surface area is 144 Å². The number of amides is 1. The Hall–Kier alpha value is -2.24. The van der Waals surface area contributed by atoms with Crippen molar-refractivity contribution in [2.75, 3.05) is 14.2 Å². The number of carboxylic acids is 1. The van der Waals surface area contributed by atoms with Crippen LogP contribution in [0.2, 0.25) is 0 Å². The molecule has 0 aliphatic heterocycles.